The number of hydrogen-bond acceptors (Lipinski definition) is 6. The lowest BCUT2D eigenvalue weighted by molar-refractivity contribution is 0.0242. The van der Waals surface area contributed by atoms with Gasteiger partial charge < -0.3 is 29.4 Å². The molecule has 1 unspecified atom stereocenters. The van der Waals surface area contributed by atoms with Crippen molar-refractivity contribution in [2.45, 2.75) is 6.10 Å². The zero-order valence-corrected chi connectivity index (χ0v) is 10.8. The molecule has 0 aliphatic carbocycles. The summed E-state index contributed by atoms with van der Waals surface area (Å²) in [4.78, 5) is 0. The fourth-order valence-corrected chi connectivity index (χ4v) is 1.13. The summed E-state index contributed by atoms with van der Waals surface area (Å²) >= 11 is 0. The van der Waals surface area contributed by atoms with Gasteiger partial charge in [-0.3, -0.25) is 0 Å². The average molecular weight is 251 g/mol. The highest BCUT2D eigenvalue weighted by molar-refractivity contribution is 4.57. The van der Waals surface area contributed by atoms with Gasteiger partial charge in [-0.05, 0) is 0 Å². The number of hydrogen-bond donors (Lipinski definition) is 2. The van der Waals surface area contributed by atoms with Crippen LogP contribution in [0.25, 0.3) is 0 Å². The van der Waals surface area contributed by atoms with Crippen LogP contribution < -0.4 is 5.32 Å². The van der Waals surface area contributed by atoms with Crippen LogP contribution in [-0.4, -0.2) is 78.2 Å². The van der Waals surface area contributed by atoms with Crippen LogP contribution in [0.1, 0.15) is 0 Å². The molecule has 0 aromatic heterocycles. The van der Waals surface area contributed by atoms with Gasteiger partial charge in [0, 0.05) is 27.3 Å². The Morgan fingerprint density at radius 2 is 1.59 bits per heavy atom. The highest BCUT2D eigenvalue weighted by Crippen LogP contribution is 1.82. The van der Waals surface area contributed by atoms with Gasteiger partial charge in [-0.2, -0.15) is 0 Å². The van der Waals surface area contributed by atoms with Gasteiger partial charge in [0.1, 0.15) is 0 Å². The summed E-state index contributed by atoms with van der Waals surface area (Å²) in [6.07, 6.45) is -0.461. The smallest absolute Gasteiger partial charge is 0.0897 e. The van der Waals surface area contributed by atoms with Crippen molar-refractivity contribution in [3.05, 3.63) is 0 Å². The number of aliphatic hydroxyl groups excluding tert-OH is 1. The van der Waals surface area contributed by atoms with E-state index in [0.717, 1.165) is 0 Å². The molecule has 17 heavy (non-hydrogen) atoms. The second-order valence-corrected chi connectivity index (χ2v) is 3.53. The zero-order valence-electron chi connectivity index (χ0n) is 10.8. The van der Waals surface area contributed by atoms with Crippen molar-refractivity contribution in [2.75, 3.05) is 67.0 Å². The van der Waals surface area contributed by atoms with E-state index >= 15 is 0 Å². The largest absolute Gasteiger partial charge is 0.389 e. The summed E-state index contributed by atoms with van der Waals surface area (Å²) in [5.41, 5.74) is 0. The topological polar surface area (TPSA) is 69.2 Å². The van der Waals surface area contributed by atoms with Crippen molar-refractivity contribution in [3.63, 3.8) is 0 Å². The Balaban J connectivity index is 2.98. The highest BCUT2D eigenvalue weighted by Gasteiger charge is 2.01. The molecule has 0 aliphatic rings. The van der Waals surface area contributed by atoms with Gasteiger partial charge in [-0.25, -0.2) is 0 Å². The molecule has 0 saturated heterocycles. The molecule has 0 aromatic carbocycles. The zero-order chi connectivity index (χ0) is 12.8. The number of rotatable bonds is 13. The predicted molar refractivity (Wildman–Crippen MR) is 64.3 cm³/mol. The van der Waals surface area contributed by atoms with Crippen LogP contribution in [0.4, 0.5) is 0 Å². The lowest BCUT2D eigenvalue weighted by Gasteiger charge is -2.10. The fraction of sp³-hybridized carbons (Fsp3) is 1.00. The van der Waals surface area contributed by atoms with E-state index in [4.69, 9.17) is 18.9 Å². The molecule has 6 heteroatoms. The van der Waals surface area contributed by atoms with Crippen LogP contribution in [0.15, 0.2) is 0 Å². The van der Waals surface area contributed by atoms with Crippen LogP contribution in [0.5, 0.6) is 0 Å². The third-order valence-corrected chi connectivity index (χ3v) is 1.97. The number of aliphatic hydroxyl groups is 1. The monoisotopic (exact) mass is 251 g/mol. The maximum absolute atomic E-state index is 9.31. The van der Waals surface area contributed by atoms with Crippen molar-refractivity contribution in [2.24, 2.45) is 0 Å². The molecule has 0 bridgehead atoms. The second kappa shape index (κ2) is 13.8. The van der Waals surface area contributed by atoms with Gasteiger partial charge in [-0.15, -0.1) is 0 Å². The minimum Gasteiger partial charge on any atom is -0.389 e. The molecule has 0 aliphatic heterocycles. The first-order valence-electron chi connectivity index (χ1n) is 5.83. The first-order valence-corrected chi connectivity index (χ1v) is 5.83. The Morgan fingerprint density at radius 3 is 2.24 bits per heavy atom. The highest BCUT2D eigenvalue weighted by atomic mass is 16.5. The normalized spacial score (nSPS) is 12.9. The van der Waals surface area contributed by atoms with E-state index < -0.39 is 6.10 Å². The number of nitrogens with one attached hydrogen (secondary N) is 1. The molecule has 1 atom stereocenters. The Morgan fingerprint density at radius 1 is 0.941 bits per heavy atom. The van der Waals surface area contributed by atoms with Gasteiger partial charge in [0.2, 0.25) is 0 Å². The molecular formula is C11H25NO5. The first-order chi connectivity index (χ1) is 8.31. The van der Waals surface area contributed by atoms with Gasteiger partial charge in [0.15, 0.2) is 0 Å². The Bertz CT molecular complexity index is 148. The predicted octanol–water partition coefficient (Wildman–Crippen LogP) is -0.737. The fourth-order valence-electron chi connectivity index (χ4n) is 1.13. The molecule has 2 N–H and O–H groups in total. The van der Waals surface area contributed by atoms with Crippen LogP contribution in [0.3, 0.4) is 0 Å². The van der Waals surface area contributed by atoms with Crippen LogP contribution >= 0.6 is 0 Å². The van der Waals surface area contributed by atoms with E-state index in [-0.39, 0.29) is 0 Å². The van der Waals surface area contributed by atoms with Gasteiger partial charge in [0.05, 0.1) is 45.7 Å². The summed E-state index contributed by atoms with van der Waals surface area (Å²) in [7, 11) is 3.21. The van der Waals surface area contributed by atoms with E-state index in [0.29, 0.717) is 52.7 Å². The molecule has 0 amide bonds. The molecular weight excluding hydrogens is 226 g/mol. The Hall–Kier alpha value is -0.240. The molecule has 0 radical (unpaired) electrons. The maximum atomic E-state index is 9.31. The standard InChI is InChI=1S/C11H25NO5/c1-14-5-6-17-8-7-16-4-3-12-9-11(13)10-15-2/h11-13H,3-10H2,1-2H3. The van der Waals surface area contributed by atoms with Crippen molar-refractivity contribution in [1.82, 2.24) is 5.32 Å². The summed E-state index contributed by atoms with van der Waals surface area (Å²) in [6, 6.07) is 0. The van der Waals surface area contributed by atoms with E-state index in [1.54, 1.807) is 14.2 Å². The molecule has 0 spiro atoms. The van der Waals surface area contributed by atoms with Crippen LogP contribution in [0, 0.1) is 0 Å². The van der Waals surface area contributed by atoms with Gasteiger partial charge in [0.25, 0.3) is 0 Å². The van der Waals surface area contributed by atoms with Crippen LogP contribution in [0.2, 0.25) is 0 Å². The van der Waals surface area contributed by atoms with Gasteiger partial charge >= 0.3 is 0 Å². The average Bonchev–Trinajstić information content (AvgIpc) is 2.32. The van der Waals surface area contributed by atoms with Gasteiger partial charge in [-0.1, -0.05) is 0 Å². The second-order valence-electron chi connectivity index (χ2n) is 3.53. The van der Waals surface area contributed by atoms with E-state index in [2.05, 4.69) is 5.32 Å². The minimum absolute atomic E-state index is 0.348. The molecule has 0 fully saturated rings. The van der Waals surface area contributed by atoms with E-state index in [1.807, 2.05) is 0 Å². The molecule has 0 heterocycles. The van der Waals surface area contributed by atoms with Crippen molar-refractivity contribution in [1.29, 1.82) is 0 Å². The molecule has 104 valence electrons. The lowest BCUT2D eigenvalue weighted by Crippen LogP contribution is -2.32. The minimum atomic E-state index is -0.461. The molecule has 0 rings (SSSR count). The van der Waals surface area contributed by atoms with Crippen molar-refractivity contribution >= 4 is 0 Å². The molecule has 0 aromatic rings. The van der Waals surface area contributed by atoms with Crippen molar-refractivity contribution < 1.29 is 24.1 Å². The maximum Gasteiger partial charge on any atom is 0.0897 e. The summed E-state index contributed by atoms with van der Waals surface area (Å²) in [5, 5.41) is 12.4. The lowest BCUT2D eigenvalue weighted by atomic mass is 10.4. The first kappa shape index (κ1) is 16.8. The Labute approximate surface area is 103 Å². The third-order valence-electron chi connectivity index (χ3n) is 1.97. The number of methoxy groups -OCH3 is 2. The summed E-state index contributed by atoms with van der Waals surface area (Å²) < 4.78 is 20.2. The SMILES string of the molecule is COCCOCCOCCNCC(O)COC. The molecule has 6 nitrogen and oxygen atoms in total. The van der Waals surface area contributed by atoms with Crippen LogP contribution in [-0.2, 0) is 18.9 Å². The third kappa shape index (κ3) is 13.7. The van der Waals surface area contributed by atoms with E-state index in [9.17, 15) is 5.11 Å². The summed E-state index contributed by atoms with van der Waals surface area (Å²) in [6.45, 7) is 4.54. The Kier molecular flexibility index (Phi) is 13.6. The van der Waals surface area contributed by atoms with Crippen molar-refractivity contribution in [3.8, 4) is 0 Å². The number of ether oxygens (including phenoxy) is 4. The summed E-state index contributed by atoms with van der Waals surface area (Å²) in [5.74, 6) is 0. The van der Waals surface area contributed by atoms with E-state index in [1.165, 1.54) is 0 Å². The molecule has 0 saturated carbocycles. The quantitative estimate of drug-likeness (QED) is 0.420.